The van der Waals surface area contributed by atoms with E-state index < -0.39 is 33.2 Å². The first-order valence-corrected chi connectivity index (χ1v) is 8.31. The van der Waals surface area contributed by atoms with Gasteiger partial charge >= 0.3 is 5.97 Å². The van der Waals surface area contributed by atoms with Gasteiger partial charge < -0.3 is 10.4 Å². The number of hydrogen-bond acceptors (Lipinski definition) is 3. The highest BCUT2D eigenvalue weighted by atomic mass is 32.2. The van der Waals surface area contributed by atoms with Crippen LogP contribution in [0.15, 0.2) is 60.7 Å². The number of carbonyl (C=O) groups excluding carboxylic acids is 1. The number of para-hydroxylation sites is 1. The van der Waals surface area contributed by atoms with E-state index in [1.54, 1.807) is 54.6 Å². The normalized spacial score (nSPS) is 14.5. The fraction of sp³-hybridized carbons (Fsp3) is 0.176. The van der Waals surface area contributed by atoms with Crippen molar-refractivity contribution in [3.63, 3.8) is 0 Å². The molecular weight excluding hydrogens is 314 g/mol. The van der Waals surface area contributed by atoms with E-state index in [4.69, 9.17) is 0 Å². The van der Waals surface area contributed by atoms with Crippen LogP contribution in [0, 0.1) is 0 Å². The molecule has 2 aromatic rings. The van der Waals surface area contributed by atoms with Gasteiger partial charge in [0.1, 0.15) is 5.25 Å². The van der Waals surface area contributed by atoms with E-state index in [1.165, 1.54) is 6.92 Å². The maximum absolute atomic E-state index is 12.6. The van der Waals surface area contributed by atoms with E-state index in [9.17, 15) is 18.9 Å². The van der Waals surface area contributed by atoms with Crippen LogP contribution >= 0.6 is 0 Å². The van der Waals surface area contributed by atoms with Crippen molar-refractivity contribution in [3.05, 3.63) is 66.2 Å². The first kappa shape index (κ1) is 16.9. The Morgan fingerprint density at radius 1 is 1.00 bits per heavy atom. The lowest BCUT2D eigenvalue weighted by Crippen LogP contribution is -2.34. The highest BCUT2D eigenvalue weighted by Gasteiger charge is 2.33. The number of amides is 1. The molecule has 3 unspecified atom stereocenters. The molecule has 5 nitrogen and oxygen atoms in total. The Hall–Kier alpha value is -2.47. The van der Waals surface area contributed by atoms with E-state index in [-0.39, 0.29) is 0 Å². The van der Waals surface area contributed by atoms with Crippen molar-refractivity contribution in [3.8, 4) is 0 Å². The molecule has 2 rings (SSSR count). The van der Waals surface area contributed by atoms with Crippen LogP contribution < -0.4 is 5.32 Å². The topological polar surface area (TPSA) is 83.5 Å². The largest absolute Gasteiger partial charge is 0.480 e. The summed E-state index contributed by atoms with van der Waals surface area (Å²) >= 11 is 0. The van der Waals surface area contributed by atoms with Crippen LogP contribution in [0.2, 0.25) is 0 Å². The number of carbonyl (C=O) groups is 2. The molecule has 0 heterocycles. The van der Waals surface area contributed by atoms with Crippen LogP contribution in [0.3, 0.4) is 0 Å². The van der Waals surface area contributed by atoms with Crippen molar-refractivity contribution in [2.45, 2.75) is 17.4 Å². The highest BCUT2D eigenvalue weighted by Crippen LogP contribution is 2.23. The number of hydrogen-bond donors (Lipinski definition) is 2. The number of anilines is 1. The second kappa shape index (κ2) is 7.69. The van der Waals surface area contributed by atoms with Gasteiger partial charge in [-0.3, -0.25) is 13.8 Å². The van der Waals surface area contributed by atoms with E-state index in [2.05, 4.69) is 5.32 Å². The summed E-state index contributed by atoms with van der Waals surface area (Å²) in [6.45, 7) is 1.47. The summed E-state index contributed by atoms with van der Waals surface area (Å²) in [5.41, 5.74) is 0.991. The molecule has 6 heteroatoms. The minimum Gasteiger partial charge on any atom is -0.480 e. The smallest absolute Gasteiger partial charge is 0.323 e. The maximum Gasteiger partial charge on any atom is 0.323 e. The SMILES string of the molecule is CC(C(=O)Nc1ccccc1)S(=O)C(C(=O)O)c1ccccc1. The lowest BCUT2D eigenvalue weighted by atomic mass is 10.1. The molecule has 23 heavy (non-hydrogen) atoms. The summed E-state index contributed by atoms with van der Waals surface area (Å²) in [5, 5.41) is 9.83. The third kappa shape index (κ3) is 4.26. The molecule has 0 aliphatic rings. The molecule has 0 spiro atoms. The highest BCUT2D eigenvalue weighted by molar-refractivity contribution is 7.87. The zero-order chi connectivity index (χ0) is 16.8. The van der Waals surface area contributed by atoms with Gasteiger partial charge in [-0.15, -0.1) is 0 Å². The van der Waals surface area contributed by atoms with Gasteiger partial charge in [0, 0.05) is 5.69 Å². The van der Waals surface area contributed by atoms with Crippen LogP contribution in [0.5, 0.6) is 0 Å². The first-order chi connectivity index (χ1) is 11.0. The van der Waals surface area contributed by atoms with Crippen LogP contribution in [-0.4, -0.2) is 26.4 Å². The minimum atomic E-state index is -1.90. The van der Waals surface area contributed by atoms with Gasteiger partial charge in [0.05, 0.1) is 10.8 Å². The molecule has 0 bridgehead atoms. The maximum atomic E-state index is 12.6. The molecule has 0 aliphatic heterocycles. The third-order valence-corrected chi connectivity index (χ3v) is 5.17. The molecule has 3 atom stereocenters. The average molecular weight is 331 g/mol. The van der Waals surface area contributed by atoms with Crippen LogP contribution in [0.1, 0.15) is 17.7 Å². The van der Waals surface area contributed by atoms with Crippen molar-refractivity contribution >= 4 is 28.4 Å². The number of rotatable bonds is 6. The standard InChI is InChI=1S/C17H17NO4S/c1-12(16(19)18-14-10-6-3-7-11-14)23(22)15(17(20)21)13-8-4-2-5-9-13/h2-12,15H,1H3,(H,18,19)(H,20,21). The van der Waals surface area contributed by atoms with Gasteiger partial charge in [-0.2, -0.15) is 0 Å². The third-order valence-electron chi connectivity index (χ3n) is 3.32. The molecule has 1 amide bonds. The van der Waals surface area contributed by atoms with Gasteiger partial charge in [-0.05, 0) is 24.6 Å². The lowest BCUT2D eigenvalue weighted by Gasteiger charge is -2.18. The van der Waals surface area contributed by atoms with E-state index in [1.807, 2.05) is 6.07 Å². The Bertz CT molecular complexity index is 703. The number of carboxylic acids is 1. The predicted molar refractivity (Wildman–Crippen MR) is 89.5 cm³/mol. The molecule has 2 aromatic carbocycles. The van der Waals surface area contributed by atoms with Gasteiger partial charge in [-0.25, -0.2) is 0 Å². The van der Waals surface area contributed by atoms with E-state index >= 15 is 0 Å². The zero-order valence-electron chi connectivity index (χ0n) is 12.5. The quantitative estimate of drug-likeness (QED) is 0.852. The second-order valence-electron chi connectivity index (χ2n) is 4.95. The number of benzene rings is 2. The second-order valence-corrected chi connectivity index (χ2v) is 6.79. The summed E-state index contributed by atoms with van der Waals surface area (Å²) in [6.07, 6.45) is 0. The Balaban J connectivity index is 2.16. The summed E-state index contributed by atoms with van der Waals surface area (Å²) in [5.74, 6) is -1.69. The number of carboxylic acid groups (broad SMARTS) is 1. The summed E-state index contributed by atoms with van der Waals surface area (Å²) in [7, 11) is -1.90. The molecule has 0 aromatic heterocycles. The van der Waals surface area contributed by atoms with E-state index in [0.29, 0.717) is 11.3 Å². The van der Waals surface area contributed by atoms with Crippen LogP contribution in [-0.2, 0) is 20.4 Å². The number of aliphatic carboxylic acids is 1. The Kier molecular flexibility index (Phi) is 5.65. The Morgan fingerprint density at radius 2 is 1.52 bits per heavy atom. The first-order valence-electron chi connectivity index (χ1n) is 7.03. The van der Waals surface area contributed by atoms with E-state index in [0.717, 1.165) is 0 Å². The van der Waals surface area contributed by atoms with Crippen molar-refractivity contribution in [1.82, 2.24) is 0 Å². The van der Waals surface area contributed by atoms with Gasteiger partial charge in [-0.1, -0.05) is 48.5 Å². The Morgan fingerprint density at radius 3 is 2.04 bits per heavy atom. The predicted octanol–water partition coefficient (Wildman–Crippen LogP) is 2.59. The average Bonchev–Trinajstić information content (AvgIpc) is 2.55. The molecule has 0 saturated carbocycles. The monoisotopic (exact) mass is 331 g/mol. The van der Waals surface area contributed by atoms with Crippen molar-refractivity contribution < 1.29 is 18.9 Å². The van der Waals surface area contributed by atoms with Crippen LogP contribution in [0.25, 0.3) is 0 Å². The zero-order valence-corrected chi connectivity index (χ0v) is 13.3. The number of nitrogens with one attached hydrogen (secondary N) is 1. The molecule has 0 aliphatic carbocycles. The summed E-state index contributed by atoms with van der Waals surface area (Å²) in [4.78, 5) is 23.7. The molecule has 2 N–H and O–H groups in total. The molecule has 120 valence electrons. The molecule has 0 fully saturated rings. The van der Waals surface area contributed by atoms with Crippen molar-refractivity contribution in [1.29, 1.82) is 0 Å². The van der Waals surface area contributed by atoms with Gasteiger partial charge in [0.25, 0.3) is 0 Å². The molecule has 0 saturated heterocycles. The van der Waals surface area contributed by atoms with Gasteiger partial charge in [0.2, 0.25) is 5.91 Å². The van der Waals surface area contributed by atoms with Crippen molar-refractivity contribution in [2.75, 3.05) is 5.32 Å². The van der Waals surface area contributed by atoms with Crippen molar-refractivity contribution in [2.24, 2.45) is 0 Å². The molecular formula is C17H17NO4S. The van der Waals surface area contributed by atoms with Gasteiger partial charge in [0.15, 0.2) is 5.25 Å². The fourth-order valence-corrected chi connectivity index (χ4v) is 3.38. The molecule has 0 radical (unpaired) electrons. The summed E-state index contributed by atoms with van der Waals surface area (Å²) < 4.78 is 12.6. The van der Waals surface area contributed by atoms with Crippen LogP contribution in [0.4, 0.5) is 5.69 Å². The minimum absolute atomic E-state index is 0.415. The fourth-order valence-electron chi connectivity index (χ4n) is 2.08. The Labute approximate surface area is 136 Å². The summed E-state index contributed by atoms with van der Waals surface area (Å²) in [6, 6.07) is 17.1. The lowest BCUT2D eigenvalue weighted by molar-refractivity contribution is -0.136.